The molecule has 0 saturated heterocycles. The van der Waals surface area contributed by atoms with Gasteiger partial charge in [-0.3, -0.25) is 5.43 Å². The Hall–Kier alpha value is -2.81. The lowest BCUT2D eigenvalue weighted by Gasteiger charge is -2.09. The topological polar surface area (TPSA) is 79.6 Å². The summed E-state index contributed by atoms with van der Waals surface area (Å²) in [6.45, 7) is 2.40. The van der Waals surface area contributed by atoms with E-state index in [4.69, 9.17) is 4.74 Å². The summed E-state index contributed by atoms with van der Waals surface area (Å²) in [6, 6.07) is 11.8. The normalized spacial score (nSPS) is 11.4. The number of benzene rings is 1. The summed E-state index contributed by atoms with van der Waals surface area (Å²) in [5.74, 6) is 1.39. The first-order valence-corrected chi connectivity index (χ1v) is 10.4. The van der Waals surface area contributed by atoms with E-state index in [0.717, 1.165) is 36.8 Å². The summed E-state index contributed by atoms with van der Waals surface area (Å²) in [5.41, 5.74) is 5.42. The summed E-state index contributed by atoms with van der Waals surface area (Å²) in [4.78, 5) is 10.7. The lowest BCUT2D eigenvalue weighted by molar-refractivity contribution is 0.284. The predicted molar refractivity (Wildman–Crippen MR) is 115 cm³/mol. The molecule has 2 N–H and O–H groups in total. The zero-order valence-corrected chi connectivity index (χ0v) is 16.8. The summed E-state index contributed by atoms with van der Waals surface area (Å²) < 4.78 is 6.62. The molecular weight excluding hydrogens is 392 g/mol. The van der Waals surface area contributed by atoms with Crippen molar-refractivity contribution in [1.29, 1.82) is 0 Å². The van der Waals surface area contributed by atoms with Gasteiger partial charge < -0.3 is 9.84 Å². The second kappa shape index (κ2) is 8.47. The van der Waals surface area contributed by atoms with Crippen molar-refractivity contribution in [3.63, 3.8) is 0 Å². The van der Waals surface area contributed by atoms with Crippen LogP contribution < -0.4 is 10.2 Å². The van der Waals surface area contributed by atoms with Gasteiger partial charge in [0, 0.05) is 20.9 Å². The van der Waals surface area contributed by atoms with Crippen LogP contribution in [0.4, 0.5) is 5.82 Å². The molecule has 0 unspecified atom stereocenters. The number of hydrazone groups is 1. The Balaban J connectivity index is 1.77. The zero-order valence-electron chi connectivity index (χ0n) is 15.1. The van der Waals surface area contributed by atoms with Gasteiger partial charge in [-0.25, -0.2) is 9.97 Å². The fraction of sp³-hybridized carbons (Fsp3) is 0.150. The van der Waals surface area contributed by atoms with Gasteiger partial charge in [-0.05, 0) is 30.5 Å². The first-order valence-electron chi connectivity index (χ1n) is 8.73. The molecule has 3 heterocycles. The van der Waals surface area contributed by atoms with Crippen molar-refractivity contribution >= 4 is 44.9 Å². The highest BCUT2D eigenvalue weighted by Gasteiger charge is 2.19. The largest absolute Gasteiger partial charge is 0.493 e. The highest BCUT2D eigenvalue weighted by Crippen LogP contribution is 2.43. The molecule has 0 spiro atoms. The summed E-state index contributed by atoms with van der Waals surface area (Å²) in [5, 5.41) is 16.3. The number of ether oxygens (including phenoxy) is 1. The molecule has 4 aromatic rings. The Labute approximate surface area is 170 Å². The number of hydrogen-bond donors (Lipinski definition) is 2. The number of para-hydroxylation sites is 1. The molecule has 0 bridgehead atoms. The molecular formula is C20H18N4O2S2. The fourth-order valence-electron chi connectivity index (χ4n) is 2.86. The first kappa shape index (κ1) is 18.5. The fourth-order valence-corrected chi connectivity index (χ4v) is 4.68. The number of aromatic nitrogens is 2. The van der Waals surface area contributed by atoms with Gasteiger partial charge in [0.15, 0.2) is 5.82 Å². The van der Waals surface area contributed by atoms with E-state index in [9.17, 15) is 5.11 Å². The minimum atomic E-state index is -0.120. The monoisotopic (exact) mass is 410 g/mol. The van der Waals surface area contributed by atoms with Gasteiger partial charge in [-0.2, -0.15) is 5.10 Å². The van der Waals surface area contributed by atoms with Crippen LogP contribution in [0.2, 0.25) is 0 Å². The van der Waals surface area contributed by atoms with Gasteiger partial charge in [0.05, 0.1) is 29.6 Å². The van der Waals surface area contributed by atoms with Crippen LogP contribution >= 0.6 is 22.7 Å². The predicted octanol–water partition coefficient (Wildman–Crippen LogP) is 4.76. The maximum atomic E-state index is 10.0. The average molecular weight is 411 g/mol. The second-order valence-corrected chi connectivity index (χ2v) is 7.78. The van der Waals surface area contributed by atoms with Crippen LogP contribution in [0.5, 0.6) is 5.75 Å². The molecule has 28 heavy (non-hydrogen) atoms. The number of nitrogens with one attached hydrogen (secondary N) is 1. The van der Waals surface area contributed by atoms with Crippen LogP contribution in [-0.4, -0.2) is 27.9 Å². The quantitative estimate of drug-likeness (QED) is 0.339. The molecule has 0 aliphatic heterocycles. The summed E-state index contributed by atoms with van der Waals surface area (Å²) >= 11 is 3.13. The van der Waals surface area contributed by atoms with Gasteiger partial charge >= 0.3 is 0 Å². The van der Waals surface area contributed by atoms with E-state index in [1.807, 2.05) is 48.7 Å². The number of rotatable bonds is 7. The van der Waals surface area contributed by atoms with E-state index < -0.39 is 0 Å². The standard InChI is InChI=1S/C20H18N4O2S2/c1-2-26-16-8-4-3-7-14(16)18-15(11-25)17-19(28-18)20(22-12-21-17)24-23-10-13-6-5-9-27-13/h3-10,12,25H,2,11H2,1H3,(H,21,22,24)/b23-10+. The van der Waals surface area contributed by atoms with Gasteiger partial charge in [-0.15, -0.1) is 22.7 Å². The molecule has 0 aliphatic carbocycles. The van der Waals surface area contributed by atoms with E-state index in [0.29, 0.717) is 12.4 Å². The van der Waals surface area contributed by atoms with Crippen LogP contribution in [0.25, 0.3) is 20.7 Å². The second-order valence-electron chi connectivity index (χ2n) is 5.78. The van der Waals surface area contributed by atoms with E-state index in [1.165, 1.54) is 17.7 Å². The number of aliphatic hydroxyl groups excluding tert-OH is 1. The Morgan fingerprint density at radius 1 is 1.21 bits per heavy atom. The van der Waals surface area contributed by atoms with E-state index >= 15 is 0 Å². The molecule has 8 heteroatoms. The SMILES string of the molecule is CCOc1ccccc1-c1sc2c(N/N=C/c3cccs3)ncnc2c1CO. The van der Waals surface area contributed by atoms with Crippen LogP contribution in [0.1, 0.15) is 17.4 Å². The van der Waals surface area contributed by atoms with Crippen molar-refractivity contribution in [3.8, 4) is 16.2 Å². The molecule has 4 rings (SSSR count). The molecule has 0 aliphatic rings. The molecule has 0 fully saturated rings. The third-order valence-corrected chi connectivity index (χ3v) is 6.13. The van der Waals surface area contributed by atoms with Crippen molar-refractivity contribution in [2.75, 3.05) is 12.0 Å². The maximum Gasteiger partial charge on any atom is 0.167 e. The summed E-state index contributed by atoms with van der Waals surface area (Å²) in [6.07, 6.45) is 3.24. The van der Waals surface area contributed by atoms with Crippen molar-refractivity contribution in [2.45, 2.75) is 13.5 Å². The number of nitrogens with zero attached hydrogens (tertiary/aromatic N) is 3. The minimum absolute atomic E-state index is 0.120. The number of hydrogen-bond acceptors (Lipinski definition) is 8. The molecule has 1 aromatic carbocycles. The van der Waals surface area contributed by atoms with E-state index in [-0.39, 0.29) is 6.61 Å². The number of anilines is 1. The van der Waals surface area contributed by atoms with Gasteiger partial charge in [0.25, 0.3) is 0 Å². The number of fused-ring (bicyclic) bond motifs is 1. The Bertz CT molecular complexity index is 1110. The minimum Gasteiger partial charge on any atom is -0.493 e. The van der Waals surface area contributed by atoms with Crippen molar-refractivity contribution in [1.82, 2.24) is 9.97 Å². The molecule has 0 atom stereocenters. The van der Waals surface area contributed by atoms with Crippen LogP contribution in [0.15, 0.2) is 53.2 Å². The third kappa shape index (κ3) is 3.62. The zero-order chi connectivity index (χ0) is 19.3. The Morgan fingerprint density at radius 3 is 2.89 bits per heavy atom. The smallest absolute Gasteiger partial charge is 0.167 e. The molecule has 3 aromatic heterocycles. The molecule has 0 radical (unpaired) electrons. The van der Waals surface area contributed by atoms with Gasteiger partial charge in [-0.1, -0.05) is 18.2 Å². The molecule has 0 amide bonds. The highest BCUT2D eigenvalue weighted by molar-refractivity contribution is 7.23. The maximum absolute atomic E-state index is 10.0. The Morgan fingerprint density at radius 2 is 2.11 bits per heavy atom. The van der Waals surface area contributed by atoms with Gasteiger partial charge in [0.1, 0.15) is 12.1 Å². The van der Waals surface area contributed by atoms with Crippen LogP contribution in [0.3, 0.4) is 0 Å². The van der Waals surface area contributed by atoms with Crippen molar-refractivity contribution in [2.24, 2.45) is 5.10 Å². The highest BCUT2D eigenvalue weighted by atomic mass is 32.1. The third-order valence-electron chi connectivity index (χ3n) is 4.06. The first-order chi connectivity index (χ1) is 13.8. The summed E-state index contributed by atoms with van der Waals surface area (Å²) in [7, 11) is 0. The van der Waals surface area contributed by atoms with Crippen molar-refractivity contribution in [3.05, 3.63) is 58.5 Å². The van der Waals surface area contributed by atoms with Crippen molar-refractivity contribution < 1.29 is 9.84 Å². The van der Waals surface area contributed by atoms with Gasteiger partial charge in [0.2, 0.25) is 0 Å². The molecule has 6 nitrogen and oxygen atoms in total. The Kier molecular flexibility index (Phi) is 5.61. The lowest BCUT2D eigenvalue weighted by Crippen LogP contribution is -1.95. The lowest BCUT2D eigenvalue weighted by atomic mass is 10.1. The van der Waals surface area contributed by atoms with Crippen LogP contribution in [0, 0.1) is 0 Å². The average Bonchev–Trinajstić information content (AvgIpc) is 3.36. The van der Waals surface area contributed by atoms with E-state index in [2.05, 4.69) is 20.5 Å². The molecule has 142 valence electrons. The van der Waals surface area contributed by atoms with Crippen LogP contribution in [-0.2, 0) is 6.61 Å². The van der Waals surface area contributed by atoms with E-state index in [1.54, 1.807) is 17.6 Å². The number of aliphatic hydroxyl groups is 1. The number of thiophene rings is 2. The molecule has 0 saturated carbocycles.